The fourth-order valence-corrected chi connectivity index (χ4v) is 5.57. The highest BCUT2D eigenvalue weighted by atomic mass is 35.5. The standard InChI is InChI=1S/C25H29ClN6O4S/c1-3-35-23-12-17(4-6-20(23)26)14-32-10-8-18(9-11-32)28-25-29-21-13-19(5-7-22(21)36-25)30-37(33,34)24-15-31(2)16-27-24/h4-7,12-13,15-16,18,30H,3,8-11,14H2,1-2H3,(H,28,29). The molecule has 1 saturated heterocycles. The minimum absolute atomic E-state index is 0.0465. The van der Waals surface area contributed by atoms with E-state index in [0.29, 0.717) is 34.4 Å². The second-order valence-electron chi connectivity index (χ2n) is 9.08. The van der Waals surface area contributed by atoms with Crippen LogP contribution in [-0.4, -0.2) is 53.6 Å². The Bertz CT molecular complexity index is 1490. The van der Waals surface area contributed by atoms with Gasteiger partial charge in [-0.2, -0.15) is 13.4 Å². The van der Waals surface area contributed by atoms with E-state index in [4.69, 9.17) is 20.8 Å². The average Bonchev–Trinajstić information content (AvgIpc) is 3.48. The van der Waals surface area contributed by atoms with Crippen molar-refractivity contribution in [1.29, 1.82) is 0 Å². The second kappa shape index (κ2) is 10.6. The molecule has 3 heterocycles. The molecular weight excluding hydrogens is 516 g/mol. The minimum Gasteiger partial charge on any atom is -0.492 e. The van der Waals surface area contributed by atoms with E-state index in [1.165, 1.54) is 18.1 Å². The van der Waals surface area contributed by atoms with Gasteiger partial charge in [0.15, 0.2) is 10.6 Å². The van der Waals surface area contributed by atoms with Crippen LogP contribution in [0.4, 0.5) is 11.7 Å². The highest BCUT2D eigenvalue weighted by Gasteiger charge is 2.22. The third-order valence-electron chi connectivity index (χ3n) is 6.21. The first-order valence-electron chi connectivity index (χ1n) is 12.1. The molecule has 0 radical (unpaired) electrons. The number of ether oxygens (including phenoxy) is 1. The summed E-state index contributed by atoms with van der Waals surface area (Å²) in [6.45, 7) is 5.23. The maximum absolute atomic E-state index is 12.6. The molecule has 0 bridgehead atoms. The van der Waals surface area contributed by atoms with Crippen LogP contribution in [0.1, 0.15) is 25.3 Å². The highest BCUT2D eigenvalue weighted by Crippen LogP contribution is 2.28. The van der Waals surface area contributed by atoms with Crippen LogP contribution in [0.3, 0.4) is 0 Å². The minimum atomic E-state index is -3.79. The molecule has 0 atom stereocenters. The highest BCUT2D eigenvalue weighted by molar-refractivity contribution is 7.92. The zero-order valence-electron chi connectivity index (χ0n) is 20.6. The van der Waals surface area contributed by atoms with Gasteiger partial charge in [0, 0.05) is 38.9 Å². The predicted octanol–water partition coefficient (Wildman–Crippen LogP) is 4.49. The number of piperidine rings is 1. The number of rotatable bonds is 9. The van der Waals surface area contributed by atoms with Crippen molar-refractivity contribution in [2.75, 3.05) is 29.7 Å². The average molecular weight is 545 g/mol. The van der Waals surface area contributed by atoms with E-state index in [-0.39, 0.29) is 11.1 Å². The topological polar surface area (TPSA) is 115 Å². The monoisotopic (exact) mass is 544 g/mol. The SMILES string of the molecule is CCOc1cc(CN2CCC(Nc3nc4cc(NS(=O)(=O)c5cn(C)cn5)ccc4o3)CC2)ccc1Cl. The first-order chi connectivity index (χ1) is 17.8. The summed E-state index contributed by atoms with van der Waals surface area (Å²) >= 11 is 6.21. The van der Waals surface area contributed by atoms with Crippen LogP contribution < -0.4 is 14.8 Å². The van der Waals surface area contributed by atoms with Gasteiger partial charge in [-0.1, -0.05) is 17.7 Å². The lowest BCUT2D eigenvalue weighted by Gasteiger charge is -2.32. The van der Waals surface area contributed by atoms with E-state index in [9.17, 15) is 8.42 Å². The molecule has 4 aromatic rings. The number of nitrogens with zero attached hydrogens (tertiary/aromatic N) is 4. The number of aryl methyl sites for hydroxylation is 1. The number of oxazole rings is 1. The lowest BCUT2D eigenvalue weighted by molar-refractivity contribution is 0.210. The number of sulfonamides is 1. The largest absolute Gasteiger partial charge is 0.492 e. The number of anilines is 2. The Labute approximate surface area is 220 Å². The molecular formula is C25H29ClN6O4S. The van der Waals surface area contributed by atoms with Gasteiger partial charge in [-0.05, 0) is 55.7 Å². The molecule has 0 amide bonds. The predicted molar refractivity (Wildman–Crippen MR) is 143 cm³/mol. The normalized spacial score (nSPS) is 15.2. The van der Waals surface area contributed by atoms with Crippen LogP contribution in [0, 0.1) is 0 Å². The van der Waals surface area contributed by atoms with Gasteiger partial charge in [0.25, 0.3) is 16.0 Å². The van der Waals surface area contributed by atoms with Crippen molar-refractivity contribution in [1.82, 2.24) is 19.4 Å². The molecule has 0 saturated carbocycles. The first-order valence-corrected chi connectivity index (χ1v) is 14.0. The Morgan fingerprint density at radius 1 is 1.19 bits per heavy atom. The van der Waals surface area contributed by atoms with E-state index in [0.717, 1.165) is 38.2 Å². The van der Waals surface area contributed by atoms with Crippen molar-refractivity contribution in [2.45, 2.75) is 37.4 Å². The summed E-state index contributed by atoms with van der Waals surface area (Å²) in [5.74, 6) is 0.724. The summed E-state index contributed by atoms with van der Waals surface area (Å²) in [5.41, 5.74) is 2.70. The van der Waals surface area contributed by atoms with Crippen LogP contribution in [0.2, 0.25) is 5.02 Å². The molecule has 1 fully saturated rings. The Morgan fingerprint density at radius 2 is 2.00 bits per heavy atom. The molecule has 2 N–H and O–H groups in total. The maximum atomic E-state index is 12.6. The smallest absolute Gasteiger partial charge is 0.295 e. The van der Waals surface area contributed by atoms with Crippen LogP contribution in [0.5, 0.6) is 5.75 Å². The van der Waals surface area contributed by atoms with Crippen molar-refractivity contribution in [3.05, 3.63) is 59.5 Å². The zero-order chi connectivity index (χ0) is 26.0. The summed E-state index contributed by atoms with van der Waals surface area (Å²) in [5, 5.41) is 3.97. The van der Waals surface area contributed by atoms with E-state index in [2.05, 4.69) is 24.9 Å². The van der Waals surface area contributed by atoms with Crippen molar-refractivity contribution >= 4 is 44.4 Å². The van der Waals surface area contributed by atoms with E-state index in [1.807, 2.05) is 25.1 Å². The quantitative estimate of drug-likeness (QED) is 0.317. The lowest BCUT2D eigenvalue weighted by atomic mass is 10.0. The van der Waals surface area contributed by atoms with E-state index >= 15 is 0 Å². The molecule has 37 heavy (non-hydrogen) atoms. The number of hydrogen-bond acceptors (Lipinski definition) is 8. The van der Waals surface area contributed by atoms with Gasteiger partial charge in [-0.25, -0.2) is 4.98 Å². The third-order valence-corrected chi connectivity index (χ3v) is 7.79. The fraction of sp³-hybridized carbons (Fsp3) is 0.360. The van der Waals surface area contributed by atoms with Gasteiger partial charge >= 0.3 is 0 Å². The number of benzene rings is 2. The summed E-state index contributed by atoms with van der Waals surface area (Å²) in [7, 11) is -2.07. The van der Waals surface area contributed by atoms with Gasteiger partial charge in [0.1, 0.15) is 11.3 Å². The van der Waals surface area contributed by atoms with Crippen molar-refractivity contribution in [3.63, 3.8) is 0 Å². The van der Waals surface area contributed by atoms with Crippen LogP contribution in [0.25, 0.3) is 11.1 Å². The molecule has 196 valence electrons. The Hall–Kier alpha value is -3.28. The molecule has 12 heteroatoms. The van der Waals surface area contributed by atoms with Gasteiger partial charge in [-0.15, -0.1) is 0 Å². The van der Waals surface area contributed by atoms with Crippen LogP contribution >= 0.6 is 11.6 Å². The van der Waals surface area contributed by atoms with Gasteiger partial charge in [0.05, 0.1) is 23.6 Å². The molecule has 10 nitrogen and oxygen atoms in total. The van der Waals surface area contributed by atoms with Crippen molar-refractivity contribution in [2.24, 2.45) is 7.05 Å². The molecule has 1 aliphatic heterocycles. The molecule has 2 aromatic heterocycles. The number of hydrogen-bond donors (Lipinski definition) is 2. The van der Waals surface area contributed by atoms with Gasteiger partial charge in [0.2, 0.25) is 0 Å². The lowest BCUT2D eigenvalue weighted by Crippen LogP contribution is -2.38. The van der Waals surface area contributed by atoms with Gasteiger partial charge < -0.3 is 19.0 Å². The van der Waals surface area contributed by atoms with Crippen molar-refractivity contribution in [3.8, 4) is 5.75 Å². The van der Waals surface area contributed by atoms with Crippen molar-refractivity contribution < 1.29 is 17.6 Å². The zero-order valence-corrected chi connectivity index (χ0v) is 22.2. The Balaban J connectivity index is 1.18. The van der Waals surface area contributed by atoms with E-state index < -0.39 is 10.0 Å². The fourth-order valence-electron chi connectivity index (χ4n) is 4.37. The second-order valence-corrected chi connectivity index (χ2v) is 11.1. The number of nitrogens with one attached hydrogen (secondary N) is 2. The molecule has 5 rings (SSSR count). The van der Waals surface area contributed by atoms with E-state index in [1.54, 1.807) is 29.8 Å². The number of imidazole rings is 1. The number of halogens is 1. The molecule has 0 spiro atoms. The Kier molecular flexibility index (Phi) is 7.27. The number of likely N-dealkylation sites (tertiary alicyclic amines) is 1. The van der Waals surface area contributed by atoms with Crippen LogP contribution in [0.15, 0.2) is 58.4 Å². The summed E-state index contributed by atoms with van der Waals surface area (Å²) in [6.07, 6.45) is 4.77. The molecule has 0 aliphatic carbocycles. The summed E-state index contributed by atoms with van der Waals surface area (Å²) < 4.78 is 40.7. The molecule has 2 aromatic carbocycles. The third kappa shape index (κ3) is 6.00. The number of fused-ring (bicyclic) bond motifs is 1. The summed E-state index contributed by atoms with van der Waals surface area (Å²) in [6, 6.07) is 11.6. The number of aromatic nitrogens is 3. The van der Waals surface area contributed by atoms with Crippen LogP contribution in [-0.2, 0) is 23.6 Å². The molecule has 0 unspecified atom stereocenters. The Morgan fingerprint density at radius 3 is 2.73 bits per heavy atom. The molecule has 1 aliphatic rings. The maximum Gasteiger partial charge on any atom is 0.295 e. The summed E-state index contributed by atoms with van der Waals surface area (Å²) in [4.78, 5) is 10.8. The van der Waals surface area contributed by atoms with Gasteiger partial charge in [-0.3, -0.25) is 9.62 Å². The first kappa shape index (κ1) is 25.4.